The van der Waals surface area contributed by atoms with Crippen LogP contribution >= 0.6 is 23.2 Å². The van der Waals surface area contributed by atoms with Crippen molar-refractivity contribution >= 4 is 57.7 Å². The highest BCUT2D eigenvalue weighted by atomic mass is 35.5. The first-order valence-corrected chi connectivity index (χ1v) is 14.1. The highest BCUT2D eigenvalue weighted by Gasteiger charge is 2.27. The first-order chi connectivity index (χ1) is 19.7. The number of amides is 1. The number of carbonyl (C=O) groups excluding carboxylic acids is 1. The molecule has 0 spiro atoms. The summed E-state index contributed by atoms with van der Waals surface area (Å²) >= 11 is 12.9. The van der Waals surface area contributed by atoms with Crippen molar-refractivity contribution in [2.75, 3.05) is 57.0 Å². The van der Waals surface area contributed by atoms with E-state index in [-0.39, 0.29) is 34.7 Å². The van der Waals surface area contributed by atoms with Crippen LogP contribution in [0.2, 0.25) is 10.2 Å². The van der Waals surface area contributed by atoms with Gasteiger partial charge in [-0.15, -0.1) is 0 Å². The minimum absolute atomic E-state index is 0.104. The number of carbonyl (C=O) groups is 1. The topological polar surface area (TPSA) is 134 Å². The van der Waals surface area contributed by atoms with Crippen molar-refractivity contribution in [1.82, 2.24) is 24.8 Å². The van der Waals surface area contributed by atoms with Crippen LogP contribution in [0.25, 0.3) is 10.9 Å². The zero-order valence-corrected chi connectivity index (χ0v) is 24.5. The minimum atomic E-state index is -0.108. The van der Waals surface area contributed by atoms with E-state index >= 15 is 0 Å². The molecule has 2 aliphatic heterocycles. The molecule has 0 aliphatic carbocycles. The van der Waals surface area contributed by atoms with Gasteiger partial charge in [0.15, 0.2) is 0 Å². The number of nitrogens with one attached hydrogen (secondary N) is 1. The molecule has 2 fully saturated rings. The minimum Gasteiger partial charge on any atom is -0.462 e. The van der Waals surface area contributed by atoms with Crippen LogP contribution in [0.3, 0.4) is 0 Å². The summed E-state index contributed by atoms with van der Waals surface area (Å²) in [6.45, 7) is 8.90. The molecule has 5 rings (SSSR count). The molecule has 1 amide bonds. The molecule has 3 aromatic rings. The highest BCUT2D eigenvalue weighted by Crippen LogP contribution is 2.40. The van der Waals surface area contributed by atoms with Crippen LogP contribution in [0.15, 0.2) is 24.8 Å². The predicted molar refractivity (Wildman–Crippen MR) is 161 cm³/mol. The molecule has 11 nitrogen and oxygen atoms in total. The second-order valence-corrected chi connectivity index (χ2v) is 10.9. The van der Waals surface area contributed by atoms with Gasteiger partial charge in [-0.3, -0.25) is 4.79 Å². The smallest absolute Gasteiger partial charge is 0.319 e. The summed E-state index contributed by atoms with van der Waals surface area (Å²) in [4.78, 5) is 32.2. The fourth-order valence-electron chi connectivity index (χ4n) is 5.18. The Labute approximate surface area is 248 Å². The Morgan fingerprint density at radius 3 is 2.61 bits per heavy atom. The van der Waals surface area contributed by atoms with Crippen LogP contribution < -0.4 is 20.1 Å². The molecule has 1 aromatic carbocycles. The number of nitrogens with two attached hydrogens (primary N) is 1. The van der Waals surface area contributed by atoms with Gasteiger partial charge in [-0.2, -0.15) is 15.0 Å². The van der Waals surface area contributed by atoms with Crippen molar-refractivity contribution in [3.05, 3.63) is 46.1 Å². The molecule has 3 N–H and O–H groups in total. The quantitative estimate of drug-likeness (QED) is 0.168. The summed E-state index contributed by atoms with van der Waals surface area (Å²) in [5.74, 6) is 0.877. The number of anilines is 2. The predicted octanol–water partition coefficient (Wildman–Crippen LogP) is 4.32. The third-order valence-corrected chi connectivity index (χ3v) is 8.19. The molecular formula is C28H32Cl2N8O3. The first-order valence-electron chi connectivity index (χ1n) is 13.3. The SMILES string of the molecule is C=CC(=O)N1CCN(c2nc(OC[C@@H]3CCCN3C)nc3c(Oc4c(C)c(Cl)cc(N)c4C=N)nc(Cl)cc23)CC1. The summed E-state index contributed by atoms with van der Waals surface area (Å²) in [5, 5.41) is 9.08. The Hall–Kier alpha value is -3.67. The molecule has 2 aromatic heterocycles. The van der Waals surface area contributed by atoms with E-state index in [0.717, 1.165) is 25.6 Å². The van der Waals surface area contributed by atoms with Crippen LogP contribution in [-0.2, 0) is 4.79 Å². The molecule has 4 heterocycles. The monoisotopic (exact) mass is 598 g/mol. The molecule has 0 saturated carbocycles. The summed E-state index contributed by atoms with van der Waals surface area (Å²) in [5.41, 5.74) is 7.77. The molecular weight excluding hydrogens is 567 g/mol. The summed E-state index contributed by atoms with van der Waals surface area (Å²) < 4.78 is 12.5. The van der Waals surface area contributed by atoms with Gasteiger partial charge in [0.25, 0.3) is 0 Å². The highest BCUT2D eigenvalue weighted by molar-refractivity contribution is 6.32. The van der Waals surface area contributed by atoms with Crippen molar-refractivity contribution < 1.29 is 14.3 Å². The van der Waals surface area contributed by atoms with Crippen LogP contribution in [0.1, 0.15) is 24.0 Å². The van der Waals surface area contributed by atoms with Crippen molar-refractivity contribution in [3.8, 4) is 17.6 Å². The van der Waals surface area contributed by atoms with Crippen molar-refractivity contribution in [2.24, 2.45) is 0 Å². The number of rotatable bonds is 8. The number of piperazine rings is 1. The van der Waals surface area contributed by atoms with Gasteiger partial charge in [-0.1, -0.05) is 29.8 Å². The van der Waals surface area contributed by atoms with E-state index in [0.29, 0.717) is 71.3 Å². The van der Waals surface area contributed by atoms with Crippen LogP contribution in [0.4, 0.5) is 11.5 Å². The van der Waals surface area contributed by atoms with E-state index in [1.54, 1.807) is 24.0 Å². The van der Waals surface area contributed by atoms with Crippen LogP contribution in [0, 0.1) is 12.3 Å². The first kappa shape index (κ1) is 28.8. The van der Waals surface area contributed by atoms with E-state index in [1.165, 1.54) is 6.08 Å². The number of hydrogen-bond acceptors (Lipinski definition) is 10. The Kier molecular flexibility index (Phi) is 8.48. The van der Waals surface area contributed by atoms with Gasteiger partial charge < -0.3 is 35.3 Å². The number of pyridine rings is 1. The molecule has 216 valence electrons. The average molecular weight is 600 g/mol. The number of hydrogen-bond donors (Lipinski definition) is 2. The fourth-order valence-corrected chi connectivity index (χ4v) is 5.57. The molecule has 2 aliphatic rings. The zero-order valence-electron chi connectivity index (χ0n) is 23.0. The molecule has 0 radical (unpaired) electrons. The van der Waals surface area contributed by atoms with Gasteiger partial charge in [0, 0.05) is 54.7 Å². The summed E-state index contributed by atoms with van der Waals surface area (Å²) in [6, 6.07) is 3.71. The van der Waals surface area contributed by atoms with E-state index in [2.05, 4.69) is 28.4 Å². The Balaban J connectivity index is 1.59. The summed E-state index contributed by atoms with van der Waals surface area (Å²) in [6.07, 6.45) is 4.57. The number of likely N-dealkylation sites (N-methyl/N-ethyl adjacent to an activating group) is 1. The average Bonchev–Trinajstić information content (AvgIpc) is 3.38. The number of benzene rings is 1. The molecule has 2 saturated heterocycles. The third kappa shape index (κ3) is 5.88. The van der Waals surface area contributed by atoms with Gasteiger partial charge in [-0.05, 0) is 51.6 Å². The zero-order chi connectivity index (χ0) is 29.3. The van der Waals surface area contributed by atoms with Crippen molar-refractivity contribution in [2.45, 2.75) is 25.8 Å². The van der Waals surface area contributed by atoms with Crippen molar-refractivity contribution in [3.63, 3.8) is 0 Å². The third-order valence-electron chi connectivity index (χ3n) is 7.60. The number of nitrogen functional groups attached to an aromatic ring is 1. The lowest BCUT2D eigenvalue weighted by atomic mass is 10.1. The standard InChI is InChI=1S/C28H32Cl2N8O3/c1-4-23(39)37-8-10-38(11-9-37)26-18-12-22(30)33-27(41-25-16(2)20(29)13-21(32)19(25)14-31)24(18)34-28(35-26)40-15-17-6-5-7-36(17)3/h4,12-14,17,31H,1,5-11,15,32H2,2-3H3/t17-/m0/s1. The van der Waals surface area contributed by atoms with Gasteiger partial charge in [0.2, 0.25) is 11.8 Å². The number of likely N-dealkylation sites (tertiary alicyclic amines) is 1. The number of halogens is 2. The molecule has 0 unspecified atom stereocenters. The lowest BCUT2D eigenvalue weighted by Gasteiger charge is -2.35. The maximum absolute atomic E-state index is 12.2. The molecule has 41 heavy (non-hydrogen) atoms. The van der Waals surface area contributed by atoms with E-state index in [4.69, 9.17) is 53.8 Å². The lowest BCUT2D eigenvalue weighted by Crippen LogP contribution is -2.48. The van der Waals surface area contributed by atoms with Crippen LogP contribution in [0.5, 0.6) is 17.6 Å². The van der Waals surface area contributed by atoms with Gasteiger partial charge >= 0.3 is 6.01 Å². The van der Waals surface area contributed by atoms with Gasteiger partial charge in [-0.25, -0.2) is 0 Å². The maximum Gasteiger partial charge on any atom is 0.319 e. The largest absolute Gasteiger partial charge is 0.462 e. The second kappa shape index (κ2) is 12.1. The number of nitrogens with zero attached hydrogens (tertiary/aromatic N) is 6. The van der Waals surface area contributed by atoms with Crippen LogP contribution in [-0.4, -0.2) is 89.3 Å². The normalized spacial score (nSPS) is 17.6. The molecule has 13 heteroatoms. The second-order valence-electron chi connectivity index (χ2n) is 10.1. The van der Waals surface area contributed by atoms with Gasteiger partial charge in [0.05, 0.1) is 10.9 Å². The van der Waals surface area contributed by atoms with Gasteiger partial charge in [0.1, 0.15) is 28.8 Å². The van der Waals surface area contributed by atoms with E-state index in [1.807, 2.05) is 0 Å². The molecule has 0 bridgehead atoms. The summed E-state index contributed by atoms with van der Waals surface area (Å²) in [7, 11) is 2.08. The molecule has 1 atom stereocenters. The van der Waals surface area contributed by atoms with Crippen molar-refractivity contribution in [1.29, 1.82) is 5.41 Å². The Morgan fingerprint density at radius 2 is 1.95 bits per heavy atom. The Bertz CT molecular complexity index is 1510. The van der Waals surface area contributed by atoms with E-state index < -0.39 is 0 Å². The van der Waals surface area contributed by atoms with E-state index in [9.17, 15) is 4.79 Å². The number of ether oxygens (including phenoxy) is 2. The Morgan fingerprint density at radius 1 is 1.20 bits per heavy atom. The maximum atomic E-state index is 12.2. The fraction of sp³-hybridized carbons (Fsp3) is 0.393. The lowest BCUT2D eigenvalue weighted by molar-refractivity contribution is -0.126. The number of aromatic nitrogens is 3. The number of fused-ring (bicyclic) bond motifs is 1.